The molecule has 0 aliphatic carbocycles. The van der Waals surface area contributed by atoms with Crippen LogP contribution in [0.1, 0.15) is 33.7 Å². The molecule has 0 aliphatic heterocycles. The van der Waals surface area contributed by atoms with E-state index in [0.717, 1.165) is 17.0 Å². The van der Waals surface area contributed by atoms with Crippen LogP contribution in [0.15, 0.2) is 54.9 Å². The molecule has 1 N–H and O–H groups in total. The largest absolute Gasteiger partial charge is 0.427 e. The van der Waals surface area contributed by atoms with Crippen molar-refractivity contribution in [3.63, 3.8) is 0 Å². The number of esters is 1. The molecule has 0 atom stereocenters. The number of nitrogens with zero attached hydrogens (tertiary/aromatic N) is 4. The second-order valence-corrected chi connectivity index (χ2v) is 7.57. The number of amides is 1. The maximum atomic E-state index is 12.3. The number of fused-ring (bicyclic) bond motifs is 1. The Morgan fingerprint density at radius 2 is 1.84 bits per heavy atom. The smallest absolute Gasteiger partial charge is 0.311 e. The molecule has 0 bridgehead atoms. The Kier molecular flexibility index (Phi) is 6.13. The third-order valence-electron chi connectivity index (χ3n) is 5.03. The van der Waals surface area contributed by atoms with Gasteiger partial charge in [0.15, 0.2) is 0 Å². The SMILES string of the molecule is Cc1nc2ncnn2c(C)c1CCC(=O)Oc1ccc(NC(=O)c2ccccc2Cl)cc1. The molecule has 2 aromatic heterocycles. The fourth-order valence-electron chi connectivity index (χ4n) is 3.38. The summed E-state index contributed by atoms with van der Waals surface area (Å²) in [5, 5.41) is 7.30. The predicted molar refractivity (Wildman–Crippen MR) is 120 cm³/mol. The summed E-state index contributed by atoms with van der Waals surface area (Å²) in [6.45, 7) is 3.81. The number of rotatable bonds is 6. The molecule has 4 rings (SSSR count). The summed E-state index contributed by atoms with van der Waals surface area (Å²) in [4.78, 5) is 33.2. The van der Waals surface area contributed by atoms with Crippen LogP contribution in [0.2, 0.25) is 5.02 Å². The van der Waals surface area contributed by atoms with Gasteiger partial charge >= 0.3 is 5.97 Å². The number of halogens is 1. The maximum absolute atomic E-state index is 12.3. The van der Waals surface area contributed by atoms with Crippen LogP contribution in [-0.4, -0.2) is 31.5 Å². The first-order valence-corrected chi connectivity index (χ1v) is 10.3. The minimum atomic E-state index is -0.365. The van der Waals surface area contributed by atoms with Crippen LogP contribution in [-0.2, 0) is 11.2 Å². The topological polar surface area (TPSA) is 98.5 Å². The van der Waals surface area contributed by atoms with Gasteiger partial charge < -0.3 is 10.1 Å². The molecule has 0 unspecified atom stereocenters. The minimum Gasteiger partial charge on any atom is -0.427 e. The Bertz CT molecular complexity index is 1300. The Morgan fingerprint density at radius 3 is 2.59 bits per heavy atom. The highest BCUT2D eigenvalue weighted by Gasteiger charge is 2.14. The van der Waals surface area contributed by atoms with Gasteiger partial charge in [-0.05, 0) is 62.2 Å². The lowest BCUT2D eigenvalue weighted by molar-refractivity contribution is -0.134. The molecule has 4 aromatic rings. The van der Waals surface area contributed by atoms with Crippen molar-refractivity contribution in [1.29, 1.82) is 0 Å². The fraction of sp³-hybridized carbons (Fsp3) is 0.174. The highest BCUT2D eigenvalue weighted by molar-refractivity contribution is 6.34. The van der Waals surface area contributed by atoms with Crippen LogP contribution < -0.4 is 10.1 Å². The van der Waals surface area contributed by atoms with Crippen molar-refractivity contribution in [3.05, 3.63) is 82.4 Å². The lowest BCUT2D eigenvalue weighted by Crippen LogP contribution is -2.13. The zero-order chi connectivity index (χ0) is 22.7. The van der Waals surface area contributed by atoms with Gasteiger partial charge in [0.05, 0.1) is 17.0 Å². The predicted octanol–water partition coefficient (Wildman–Crippen LogP) is 4.19. The van der Waals surface area contributed by atoms with Gasteiger partial charge in [-0.1, -0.05) is 23.7 Å². The van der Waals surface area contributed by atoms with Crippen molar-refractivity contribution >= 4 is 34.9 Å². The standard InChI is InChI=1S/C23H20ClN5O3/c1-14-18(15(2)29-23(27-14)25-13-26-29)11-12-21(30)32-17-9-7-16(8-10-17)28-22(31)19-5-3-4-6-20(19)24/h3-10,13H,11-12H2,1-2H3,(H,28,31). The molecule has 2 aromatic carbocycles. The van der Waals surface area contributed by atoms with Crippen molar-refractivity contribution < 1.29 is 14.3 Å². The van der Waals surface area contributed by atoms with E-state index in [-0.39, 0.29) is 18.3 Å². The number of ether oxygens (including phenoxy) is 1. The van der Waals surface area contributed by atoms with Gasteiger partial charge in [-0.25, -0.2) is 9.50 Å². The molecule has 0 spiro atoms. The van der Waals surface area contributed by atoms with Crippen molar-refractivity contribution in [1.82, 2.24) is 19.6 Å². The summed E-state index contributed by atoms with van der Waals surface area (Å²) in [6, 6.07) is 13.4. The van der Waals surface area contributed by atoms with Crippen LogP contribution >= 0.6 is 11.6 Å². The third-order valence-corrected chi connectivity index (χ3v) is 5.36. The van der Waals surface area contributed by atoms with Crippen LogP contribution in [0.5, 0.6) is 5.75 Å². The molecule has 0 radical (unpaired) electrons. The first kappa shape index (κ1) is 21.5. The van der Waals surface area contributed by atoms with Crippen LogP contribution in [0.3, 0.4) is 0 Å². The van der Waals surface area contributed by atoms with Gasteiger partial charge in [-0.2, -0.15) is 10.1 Å². The average molecular weight is 450 g/mol. The monoisotopic (exact) mass is 449 g/mol. The maximum Gasteiger partial charge on any atom is 0.311 e. The minimum absolute atomic E-state index is 0.189. The number of anilines is 1. The first-order valence-electron chi connectivity index (χ1n) is 9.95. The van der Waals surface area contributed by atoms with E-state index in [1.165, 1.54) is 6.33 Å². The molecule has 2 heterocycles. The molecule has 0 fully saturated rings. The molecule has 0 saturated heterocycles. The van der Waals surface area contributed by atoms with Gasteiger partial charge in [-0.3, -0.25) is 9.59 Å². The molecular formula is C23H20ClN5O3. The highest BCUT2D eigenvalue weighted by Crippen LogP contribution is 2.20. The van der Waals surface area contributed by atoms with Crippen LogP contribution in [0.25, 0.3) is 5.78 Å². The van der Waals surface area contributed by atoms with Crippen LogP contribution in [0, 0.1) is 13.8 Å². The van der Waals surface area contributed by atoms with Crippen molar-refractivity contribution in [2.75, 3.05) is 5.32 Å². The summed E-state index contributed by atoms with van der Waals surface area (Å²) in [5.41, 5.74) is 3.60. The Labute approximate surface area is 189 Å². The Balaban J connectivity index is 1.35. The highest BCUT2D eigenvalue weighted by atomic mass is 35.5. The van der Waals surface area contributed by atoms with Crippen molar-refractivity contribution in [2.24, 2.45) is 0 Å². The molecular weight excluding hydrogens is 430 g/mol. The van der Waals surface area contributed by atoms with E-state index >= 15 is 0 Å². The quantitative estimate of drug-likeness (QED) is 0.350. The van der Waals surface area contributed by atoms with E-state index in [2.05, 4.69) is 20.4 Å². The Hall–Kier alpha value is -3.78. The lowest BCUT2D eigenvalue weighted by atomic mass is 10.1. The van der Waals surface area contributed by atoms with Gasteiger partial charge in [-0.15, -0.1) is 0 Å². The van der Waals surface area contributed by atoms with Crippen molar-refractivity contribution in [3.8, 4) is 5.75 Å². The summed E-state index contributed by atoms with van der Waals surface area (Å²) in [6.07, 6.45) is 2.12. The van der Waals surface area contributed by atoms with Gasteiger partial charge in [0.1, 0.15) is 12.1 Å². The van der Waals surface area contributed by atoms with E-state index in [1.54, 1.807) is 53.0 Å². The number of hydrogen-bond acceptors (Lipinski definition) is 6. The van der Waals surface area contributed by atoms with Crippen molar-refractivity contribution in [2.45, 2.75) is 26.7 Å². The van der Waals surface area contributed by atoms with E-state index in [4.69, 9.17) is 16.3 Å². The van der Waals surface area contributed by atoms with E-state index in [0.29, 0.717) is 34.2 Å². The zero-order valence-corrected chi connectivity index (χ0v) is 18.3. The Morgan fingerprint density at radius 1 is 1.09 bits per heavy atom. The summed E-state index contributed by atoms with van der Waals surface area (Å²) >= 11 is 6.05. The molecule has 8 nitrogen and oxygen atoms in total. The lowest BCUT2D eigenvalue weighted by Gasteiger charge is -2.11. The fourth-order valence-corrected chi connectivity index (χ4v) is 3.60. The zero-order valence-electron chi connectivity index (χ0n) is 17.5. The third kappa shape index (κ3) is 4.60. The number of carbonyl (C=O) groups excluding carboxylic acids is 2. The van der Waals surface area contributed by atoms with E-state index in [1.807, 2.05) is 13.8 Å². The van der Waals surface area contributed by atoms with Gasteiger partial charge in [0, 0.05) is 17.1 Å². The van der Waals surface area contributed by atoms with Crippen LogP contribution in [0.4, 0.5) is 5.69 Å². The second-order valence-electron chi connectivity index (χ2n) is 7.17. The number of carbonyl (C=O) groups is 2. The molecule has 32 heavy (non-hydrogen) atoms. The molecule has 0 saturated carbocycles. The summed E-state index contributed by atoms with van der Waals surface area (Å²) in [5.74, 6) is 0.247. The number of hydrogen-bond donors (Lipinski definition) is 1. The number of aromatic nitrogens is 4. The normalized spacial score (nSPS) is 10.8. The van der Waals surface area contributed by atoms with E-state index < -0.39 is 0 Å². The average Bonchev–Trinajstić information content (AvgIpc) is 3.24. The molecule has 162 valence electrons. The molecule has 9 heteroatoms. The second kappa shape index (κ2) is 9.15. The number of aryl methyl sites for hydroxylation is 2. The number of benzene rings is 2. The van der Waals surface area contributed by atoms with E-state index in [9.17, 15) is 9.59 Å². The number of nitrogens with one attached hydrogen (secondary N) is 1. The molecule has 1 amide bonds. The first-order chi connectivity index (χ1) is 15.4. The summed E-state index contributed by atoms with van der Waals surface area (Å²) < 4.78 is 7.08. The summed E-state index contributed by atoms with van der Waals surface area (Å²) in [7, 11) is 0. The van der Waals surface area contributed by atoms with Gasteiger partial charge in [0.25, 0.3) is 11.7 Å². The van der Waals surface area contributed by atoms with Gasteiger partial charge in [0.2, 0.25) is 0 Å². The molecule has 0 aliphatic rings.